The molecule has 2 heterocycles. The first-order chi connectivity index (χ1) is 13.7. The van der Waals surface area contributed by atoms with Crippen molar-refractivity contribution in [2.75, 3.05) is 19.4 Å². The molecule has 0 amide bonds. The van der Waals surface area contributed by atoms with Gasteiger partial charge in [0.15, 0.2) is 22.1 Å². The number of anilines is 1. The van der Waals surface area contributed by atoms with E-state index in [0.29, 0.717) is 17.4 Å². The number of nitrogen functional groups attached to an aromatic ring is 1. The molecule has 28 heavy (non-hydrogen) atoms. The van der Waals surface area contributed by atoms with E-state index in [1.807, 2.05) is 18.2 Å². The summed E-state index contributed by atoms with van der Waals surface area (Å²) in [6.45, 7) is 1.82. The Labute approximate surface area is 182 Å². The van der Waals surface area contributed by atoms with Crippen LogP contribution in [0.2, 0.25) is 0 Å². The maximum Gasteiger partial charge on any atom is 0.175 e. The van der Waals surface area contributed by atoms with Crippen LogP contribution in [0.1, 0.15) is 25.7 Å². The lowest BCUT2D eigenvalue weighted by Crippen LogP contribution is -2.35. The molecule has 2 aromatic heterocycles. The Balaban J connectivity index is 1.59. The summed E-state index contributed by atoms with van der Waals surface area (Å²) in [5.41, 5.74) is 7.51. The van der Waals surface area contributed by atoms with E-state index in [1.54, 1.807) is 18.9 Å². The molecule has 0 atom stereocenters. The first-order valence-electron chi connectivity index (χ1n) is 9.37. The number of hydrogen-bond acceptors (Lipinski definition) is 7. The zero-order valence-corrected chi connectivity index (χ0v) is 18.7. The number of nitrogens with zero attached hydrogens (tertiary/aromatic N) is 4. The molecule has 1 saturated carbocycles. The van der Waals surface area contributed by atoms with Gasteiger partial charge in [0.05, 0.1) is 7.11 Å². The SMILES string of the molecule is COc1ccc(I)c(Sc2nc3c(N)ncnc3n2CCCNC2CCC2)c1. The van der Waals surface area contributed by atoms with Crippen molar-refractivity contribution >= 4 is 51.3 Å². The molecule has 0 unspecified atom stereocenters. The van der Waals surface area contributed by atoms with E-state index in [9.17, 15) is 0 Å². The normalized spacial score (nSPS) is 14.4. The number of nitrogens with two attached hydrogens (primary N) is 1. The van der Waals surface area contributed by atoms with Gasteiger partial charge >= 0.3 is 0 Å². The van der Waals surface area contributed by atoms with Crippen LogP contribution in [0.3, 0.4) is 0 Å². The van der Waals surface area contributed by atoms with Crippen molar-refractivity contribution in [1.82, 2.24) is 24.8 Å². The summed E-state index contributed by atoms with van der Waals surface area (Å²) < 4.78 is 8.67. The van der Waals surface area contributed by atoms with Crippen molar-refractivity contribution in [2.45, 2.75) is 48.3 Å². The van der Waals surface area contributed by atoms with Crippen LogP contribution in [0.15, 0.2) is 34.6 Å². The Morgan fingerprint density at radius 1 is 1.36 bits per heavy atom. The lowest BCUT2D eigenvalue weighted by molar-refractivity contribution is 0.335. The van der Waals surface area contributed by atoms with Crippen LogP contribution < -0.4 is 15.8 Å². The summed E-state index contributed by atoms with van der Waals surface area (Å²) in [7, 11) is 1.68. The smallest absolute Gasteiger partial charge is 0.175 e. The van der Waals surface area contributed by atoms with Crippen LogP contribution in [0.5, 0.6) is 5.75 Å². The van der Waals surface area contributed by atoms with E-state index in [2.05, 4.69) is 42.4 Å². The summed E-state index contributed by atoms with van der Waals surface area (Å²) in [5, 5.41) is 4.49. The highest BCUT2D eigenvalue weighted by Crippen LogP contribution is 2.35. The average molecular weight is 510 g/mol. The first-order valence-corrected chi connectivity index (χ1v) is 11.3. The molecule has 1 aromatic carbocycles. The summed E-state index contributed by atoms with van der Waals surface area (Å²) >= 11 is 3.94. The lowest BCUT2D eigenvalue weighted by atomic mass is 9.93. The van der Waals surface area contributed by atoms with E-state index in [1.165, 1.54) is 25.6 Å². The minimum Gasteiger partial charge on any atom is -0.497 e. The molecule has 4 rings (SSSR count). The van der Waals surface area contributed by atoms with Gasteiger partial charge in [0.25, 0.3) is 0 Å². The van der Waals surface area contributed by atoms with Crippen molar-refractivity contribution in [3.05, 3.63) is 28.1 Å². The third-order valence-corrected chi connectivity index (χ3v) is 7.32. The lowest BCUT2D eigenvalue weighted by Gasteiger charge is -2.26. The quantitative estimate of drug-likeness (QED) is 0.353. The van der Waals surface area contributed by atoms with Crippen LogP contribution in [0.4, 0.5) is 5.82 Å². The van der Waals surface area contributed by atoms with E-state index < -0.39 is 0 Å². The van der Waals surface area contributed by atoms with Crippen LogP contribution in [-0.2, 0) is 6.54 Å². The van der Waals surface area contributed by atoms with Crippen molar-refractivity contribution in [3.63, 3.8) is 0 Å². The van der Waals surface area contributed by atoms with E-state index in [0.717, 1.165) is 44.5 Å². The number of aryl methyl sites for hydroxylation is 1. The van der Waals surface area contributed by atoms with Gasteiger partial charge in [-0.25, -0.2) is 15.0 Å². The predicted molar refractivity (Wildman–Crippen MR) is 120 cm³/mol. The number of halogens is 1. The second kappa shape index (κ2) is 8.83. The van der Waals surface area contributed by atoms with Crippen LogP contribution in [0, 0.1) is 3.57 Å². The molecule has 0 spiro atoms. The molecule has 7 nitrogen and oxygen atoms in total. The minimum atomic E-state index is 0.415. The molecule has 0 saturated heterocycles. The van der Waals surface area contributed by atoms with Gasteiger partial charge in [0.1, 0.15) is 12.1 Å². The maximum atomic E-state index is 6.06. The largest absolute Gasteiger partial charge is 0.497 e. The monoisotopic (exact) mass is 510 g/mol. The number of methoxy groups -OCH3 is 1. The Hall–Kier alpha value is -1.59. The standard InChI is InChI=1S/C19H23IN6OS/c1-27-13-6-7-14(20)15(10-13)28-19-25-16-17(21)23-11-24-18(16)26(19)9-3-8-22-12-4-2-5-12/h6-7,10-12,22H,2-5,8-9H2,1H3,(H2,21,23,24). The Kier molecular flexibility index (Phi) is 6.22. The molecule has 1 aliphatic rings. The van der Waals surface area contributed by atoms with Gasteiger partial charge < -0.3 is 20.4 Å². The molecule has 148 valence electrons. The maximum absolute atomic E-state index is 6.06. The van der Waals surface area contributed by atoms with Crippen LogP contribution in [0.25, 0.3) is 11.2 Å². The fourth-order valence-corrected chi connectivity index (χ4v) is 4.78. The third kappa shape index (κ3) is 4.20. The second-order valence-corrected chi connectivity index (χ2v) is 8.98. The predicted octanol–water partition coefficient (Wildman–Crippen LogP) is 3.71. The highest BCUT2D eigenvalue weighted by molar-refractivity contribution is 14.1. The first kappa shape index (κ1) is 19.7. The topological polar surface area (TPSA) is 90.9 Å². The molecule has 3 N–H and O–H groups in total. The number of imidazole rings is 1. The summed E-state index contributed by atoms with van der Waals surface area (Å²) in [6.07, 6.45) is 6.46. The van der Waals surface area contributed by atoms with Gasteiger partial charge in [-0.2, -0.15) is 0 Å². The van der Waals surface area contributed by atoms with E-state index >= 15 is 0 Å². The number of nitrogens with one attached hydrogen (secondary N) is 1. The summed E-state index contributed by atoms with van der Waals surface area (Å²) in [5.74, 6) is 1.24. The van der Waals surface area contributed by atoms with Gasteiger partial charge in [-0.05, 0) is 66.6 Å². The third-order valence-electron chi connectivity index (χ3n) is 4.96. The molecule has 1 fully saturated rings. The highest BCUT2D eigenvalue weighted by atomic mass is 127. The number of fused-ring (bicyclic) bond motifs is 1. The molecule has 0 bridgehead atoms. The van der Waals surface area contributed by atoms with Crippen molar-refractivity contribution in [1.29, 1.82) is 0 Å². The van der Waals surface area contributed by atoms with Crippen molar-refractivity contribution in [2.24, 2.45) is 0 Å². The number of ether oxygens (including phenoxy) is 1. The van der Waals surface area contributed by atoms with Crippen molar-refractivity contribution < 1.29 is 4.74 Å². The molecular weight excluding hydrogens is 487 g/mol. The van der Waals surface area contributed by atoms with Gasteiger partial charge in [-0.1, -0.05) is 18.2 Å². The van der Waals surface area contributed by atoms with Gasteiger partial charge in [0.2, 0.25) is 0 Å². The number of hydrogen-bond donors (Lipinski definition) is 2. The molecule has 1 aliphatic carbocycles. The molecule has 3 aromatic rings. The van der Waals surface area contributed by atoms with Crippen LogP contribution in [-0.4, -0.2) is 39.2 Å². The van der Waals surface area contributed by atoms with Gasteiger partial charge in [-0.15, -0.1) is 0 Å². The highest BCUT2D eigenvalue weighted by Gasteiger charge is 2.18. The molecule has 0 aliphatic heterocycles. The second-order valence-electron chi connectivity index (χ2n) is 6.81. The fourth-order valence-electron chi connectivity index (χ4n) is 3.16. The number of aromatic nitrogens is 4. The average Bonchev–Trinajstić information content (AvgIpc) is 3.01. The fraction of sp³-hybridized carbons (Fsp3) is 0.421. The minimum absolute atomic E-state index is 0.415. The number of rotatable bonds is 8. The van der Waals surface area contributed by atoms with Crippen LogP contribution >= 0.6 is 34.4 Å². The zero-order valence-electron chi connectivity index (χ0n) is 15.7. The summed E-state index contributed by atoms with van der Waals surface area (Å²) in [6, 6.07) is 6.74. The van der Waals surface area contributed by atoms with Gasteiger partial charge in [0, 0.05) is 21.1 Å². The Bertz CT molecular complexity index is 974. The Morgan fingerprint density at radius 2 is 2.21 bits per heavy atom. The number of benzene rings is 1. The van der Waals surface area contributed by atoms with E-state index in [4.69, 9.17) is 15.5 Å². The van der Waals surface area contributed by atoms with Gasteiger partial charge in [-0.3, -0.25) is 0 Å². The van der Waals surface area contributed by atoms with Crippen molar-refractivity contribution in [3.8, 4) is 5.75 Å². The Morgan fingerprint density at radius 3 is 2.96 bits per heavy atom. The molecule has 0 radical (unpaired) electrons. The van der Waals surface area contributed by atoms with E-state index in [-0.39, 0.29) is 0 Å². The summed E-state index contributed by atoms with van der Waals surface area (Å²) in [4.78, 5) is 14.4. The molecule has 9 heteroatoms. The zero-order chi connectivity index (χ0) is 19.5. The molecular formula is C19H23IN6OS.